The topological polar surface area (TPSA) is 21.8 Å². The van der Waals surface area contributed by atoms with E-state index >= 15 is 0 Å². The van der Waals surface area contributed by atoms with E-state index in [1.807, 2.05) is 6.07 Å². The Kier molecular flexibility index (Phi) is 6.31. The van der Waals surface area contributed by atoms with Crippen molar-refractivity contribution < 1.29 is 9.47 Å². The Morgan fingerprint density at radius 3 is 2.86 bits per heavy atom. The third kappa shape index (κ3) is 6.34. The maximum atomic E-state index is 5.81. The molecule has 0 aliphatic carbocycles. The van der Waals surface area contributed by atoms with Gasteiger partial charge >= 0.3 is 0 Å². The van der Waals surface area contributed by atoms with E-state index in [9.17, 15) is 0 Å². The van der Waals surface area contributed by atoms with Crippen LogP contribution in [0.4, 0.5) is 0 Å². The number of unbranched alkanes of at least 4 members (excludes halogenated alkanes) is 3. The number of epoxide rings is 1. The van der Waals surface area contributed by atoms with Gasteiger partial charge in [0, 0.05) is 0 Å². The first-order valence-corrected chi connectivity index (χ1v) is 8.22. The molecule has 1 aromatic rings. The summed E-state index contributed by atoms with van der Waals surface area (Å²) in [5.74, 6) is 0.968. The minimum atomic E-state index is -0.0397. The molecule has 2 rings (SSSR count). The molecule has 1 aliphatic rings. The van der Waals surface area contributed by atoms with Crippen LogP contribution in [0.15, 0.2) is 36.4 Å². The Balaban J connectivity index is 1.64. The zero-order valence-corrected chi connectivity index (χ0v) is 13.4. The molecular weight excluding hydrogens is 260 g/mol. The second kappa shape index (κ2) is 8.23. The molecule has 0 aromatic heterocycles. The lowest BCUT2D eigenvalue weighted by Gasteiger charge is -2.10. The minimum absolute atomic E-state index is 0.0397. The van der Waals surface area contributed by atoms with Crippen LogP contribution in [0.25, 0.3) is 0 Å². The van der Waals surface area contributed by atoms with E-state index in [1.165, 1.54) is 31.2 Å². The number of ether oxygens (including phenoxy) is 2. The predicted molar refractivity (Wildman–Crippen MR) is 87.9 cm³/mol. The molecule has 0 saturated carbocycles. The van der Waals surface area contributed by atoms with Crippen molar-refractivity contribution in [3.05, 3.63) is 42.0 Å². The van der Waals surface area contributed by atoms with E-state index in [2.05, 4.69) is 44.2 Å². The molecule has 1 heterocycles. The van der Waals surface area contributed by atoms with Gasteiger partial charge in [0.05, 0.1) is 6.61 Å². The van der Waals surface area contributed by atoms with Gasteiger partial charge in [-0.25, -0.2) is 0 Å². The fourth-order valence-electron chi connectivity index (χ4n) is 2.29. The molecule has 1 unspecified atom stereocenters. The fraction of sp³-hybridized carbons (Fsp3) is 0.579. The molecule has 21 heavy (non-hydrogen) atoms. The van der Waals surface area contributed by atoms with Crippen molar-refractivity contribution in [2.24, 2.45) is 0 Å². The molecule has 2 nitrogen and oxygen atoms in total. The van der Waals surface area contributed by atoms with Gasteiger partial charge in [-0.2, -0.15) is 0 Å². The van der Waals surface area contributed by atoms with Crippen molar-refractivity contribution in [3.63, 3.8) is 0 Å². The predicted octanol–water partition coefficient (Wildman–Crippen LogP) is 4.92. The first kappa shape index (κ1) is 16.1. The largest absolute Gasteiger partial charge is 0.490 e. The lowest BCUT2D eigenvalue weighted by Crippen LogP contribution is -2.16. The first-order valence-electron chi connectivity index (χ1n) is 8.22. The highest BCUT2D eigenvalue weighted by molar-refractivity contribution is 5.28. The molecule has 1 aromatic carbocycles. The number of hydrogen-bond acceptors (Lipinski definition) is 2. The summed E-state index contributed by atoms with van der Waals surface area (Å²) in [6, 6.07) is 8.48. The molecule has 1 atom stereocenters. The van der Waals surface area contributed by atoms with Crippen molar-refractivity contribution in [1.82, 2.24) is 0 Å². The van der Waals surface area contributed by atoms with Crippen LogP contribution in [-0.2, 0) is 11.2 Å². The quantitative estimate of drug-likeness (QED) is 0.346. The second-order valence-electron chi connectivity index (χ2n) is 6.15. The average Bonchev–Trinajstić information content (AvgIpc) is 3.23. The molecule has 116 valence electrons. The third-order valence-corrected chi connectivity index (χ3v) is 3.82. The minimum Gasteiger partial charge on any atom is -0.490 e. The van der Waals surface area contributed by atoms with E-state index in [1.54, 1.807) is 0 Å². The van der Waals surface area contributed by atoms with E-state index in [-0.39, 0.29) is 5.60 Å². The van der Waals surface area contributed by atoms with Gasteiger partial charge in [-0.1, -0.05) is 37.6 Å². The standard InChI is InChI=1S/C19H28O2/c1-3-4-5-6-7-8-9-11-17-12-10-13-18(14-17)20-15-19(2)16-21-19/h4-5,10,12-14H,3,6-9,11,15-16H2,1-2H3/b5-4+. The SMILES string of the molecule is CC/C=C/CCCCCc1cccc(OCC2(C)CO2)c1. The Morgan fingerprint density at radius 2 is 2.10 bits per heavy atom. The molecule has 0 radical (unpaired) electrons. The lowest BCUT2D eigenvalue weighted by molar-refractivity contribution is 0.202. The highest BCUT2D eigenvalue weighted by atomic mass is 16.6. The van der Waals surface area contributed by atoms with Gasteiger partial charge in [0.2, 0.25) is 0 Å². The number of hydrogen-bond donors (Lipinski definition) is 0. The molecule has 2 heteroatoms. The van der Waals surface area contributed by atoms with Gasteiger partial charge < -0.3 is 9.47 Å². The van der Waals surface area contributed by atoms with Crippen LogP contribution in [0.2, 0.25) is 0 Å². The van der Waals surface area contributed by atoms with Crippen LogP contribution < -0.4 is 4.74 Å². The van der Waals surface area contributed by atoms with E-state index in [0.717, 1.165) is 25.2 Å². The van der Waals surface area contributed by atoms with Crippen molar-refractivity contribution in [2.75, 3.05) is 13.2 Å². The van der Waals surface area contributed by atoms with Crippen molar-refractivity contribution >= 4 is 0 Å². The maximum absolute atomic E-state index is 5.81. The Morgan fingerprint density at radius 1 is 1.24 bits per heavy atom. The third-order valence-electron chi connectivity index (χ3n) is 3.82. The van der Waals surface area contributed by atoms with Crippen molar-refractivity contribution in [1.29, 1.82) is 0 Å². The lowest BCUT2D eigenvalue weighted by atomic mass is 10.1. The molecular formula is C19H28O2. The molecule has 0 N–H and O–H groups in total. The summed E-state index contributed by atoms with van der Waals surface area (Å²) in [7, 11) is 0. The number of aryl methyl sites for hydroxylation is 1. The van der Waals surface area contributed by atoms with Crippen molar-refractivity contribution in [3.8, 4) is 5.75 Å². The van der Waals surface area contributed by atoms with E-state index < -0.39 is 0 Å². The van der Waals surface area contributed by atoms with E-state index in [4.69, 9.17) is 9.47 Å². The van der Waals surface area contributed by atoms with Crippen LogP contribution >= 0.6 is 0 Å². The van der Waals surface area contributed by atoms with Crippen LogP contribution in [0.1, 0.15) is 51.5 Å². The molecule has 0 bridgehead atoms. The van der Waals surface area contributed by atoms with Crippen LogP contribution in [0.3, 0.4) is 0 Å². The molecule has 1 saturated heterocycles. The Bertz CT molecular complexity index is 447. The van der Waals surface area contributed by atoms with Gasteiger partial charge in [-0.3, -0.25) is 0 Å². The number of allylic oxidation sites excluding steroid dienone is 2. The molecule has 0 spiro atoms. The molecule has 1 aliphatic heterocycles. The normalized spacial score (nSPS) is 20.9. The highest BCUT2D eigenvalue weighted by Gasteiger charge is 2.40. The van der Waals surface area contributed by atoms with Crippen LogP contribution in [0.5, 0.6) is 5.75 Å². The summed E-state index contributed by atoms with van der Waals surface area (Å²) in [4.78, 5) is 0. The maximum Gasteiger partial charge on any atom is 0.123 e. The van der Waals surface area contributed by atoms with Gasteiger partial charge in [0.1, 0.15) is 18.0 Å². The zero-order valence-electron chi connectivity index (χ0n) is 13.4. The summed E-state index contributed by atoms with van der Waals surface area (Å²) in [5.41, 5.74) is 1.33. The summed E-state index contributed by atoms with van der Waals surface area (Å²) in [6.45, 7) is 5.74. The fourth-order valence-corrected chi connectivity index (χ4v) is 2.29. The highest BCUT2D eigenvalue weighted by Crippen LogP contribution is 2.27. The average molecular weight is 288 g/mol. The van der Waals surface area contributed by atoms with Crippen LogP contribution in [-0.4, -0.2) is 18.8 Å². The summed E-state index contributed by atoms with van der Waals surface area (Å²) in [6.07, 6.45) is 11.9. The van der Waals surface area contributed by atoms with E-state index in [0.29, 0.717) is 6.61 Å². The second-order valence-corrected chi connectivity index (χ2v) is 6.15. The smallest absolute Gasteiger partial charge is 0.123 e. The van der Waals surface area contributed by atoms with Crippen molar-refractivity contribution in [2.45, 2.75) is 58.0 Å². The molecule has 1 fully saturated rings. The van der Waals surface area contributed by atoms with Gasteiger partial charge in [0.15, 0.2) is 0 Å². The Labute approximate surface area is 129 Å². The van der Waals surface area contributed by atoms with Gasteiger partial charge in [-0.15, -0.1) is 0 Å². The zero-order chi connectivity index (χ0) is 15.0. The molecule has 0 amide bonds. The number of rotatable bonds is 10. The van der Waals surface area contributed by atoms with Gasteiger partial charge in [-0.05, 0) is 56.7 Å². The first-order chi connectivity index (χ1) is 10.2. The monoisotopic (exact) mass is 288 g/mol. The summed E-state index contributed by atoms with van der Waals surface area (Å²) >= 11 is 0. The number of benzene rings is 1. The van der Waals surface area contributed by atoms with Gasteiger partial charge in [0.25, 0.3) is 0 Å². The summed E-state index contributed by atoms with van der Waals surface area (Å²) < 4.78 is 11.1. The summed E-state index contributed by atoms with van der Waals surface area (Å²) in [5, 5.41) is 0. The van der Waals surface area contributed by atoms with Crippen LogP contribution in [0, 0.1) is 0 Å². The Hall–Kier alpha value is -1.28.